The van der Waals surface area contributed by atoms with Crippen LogP contribution in [-0.2, 0) is 22.6 Å². The minimum atomic E-state index is 0. The molecule has 0 aromatic heterocycles. The Labute approximate surface area is 170 Å². The van der Waals surface area contributed by atoms with Crippen molar-refractivity contribution in [2.45, 2.75) is 40.3 Å². The first-order valence-corrected chi connectivity index (χ1v) is 8.83. The maximum atomic E-state index is 5.59. The molecule has 0 aliphatic carbocycles. The summed E-state index contributed by atoms with van der Waals surface area (Å²) in [6, 6.07) is 8.43. The Kier molecular flexibility index (Phi) is 14.9. The van der Waals surface area contributed by atoms with E-state index >= 15 is 0 Å². The first-order valence-electron chi connectivity index (χ1n) is 8.83. The van der Waals surface area contributed by atoms with E-state index in [4.69, 9.17) is 9.47 Å². The fraction of sp³-hybridized carbons (Fsp3) is 0.632. The molecule has 6 heteroatoms. The number of aliphatic imine (C=N–C) groups is 1. The van der Waals surface area contributed by atoms with E-state index in [0.717, 1.165) is 38.7 Å². The first-order chi connectivity index (χ1) is 11.7. The van der Waals surface area contributed by atoms with Crippen LogP contribution in [0.25, 0.3) is 0 Å². The highest BCUT2D eigenvalue weighted by atomic mass is 127. The van der Waals surface area contributed by atoms with Crippen LogP contribution in [0.1, 0.15) is 38.3 Å². The van der Waals surface area contributed by atoms with E-state index in [1.54, 1.807) is 7.05 Å². The summed E-state index contributed by atoms with van der Waals surface area (Å²) in [7, 11) is 1.78. The molecular formula is C19H34IN3O2. The van der Waals surface area contributed by atoms with Gasteiger partial charge in [-0.25, -0.2) is 0 Å². The Hall–Kier alpha value is -0.860. The van der Waals surface area contributed by atoms with Gasteiger partial charge in [0.2, 0.25) is 0 Å². The average Bonchev–Trinajstić information content (AvgIpc) is 2.59. The fourth-order valence-corrected chi connectivity index (χ4v) is 2.04. The van der Waals surface area contributed by atoms with Gasteiger partial charge in [-0.2, -0.15) is 0 Å². The summed E-state index contributed by atoms with van der Waals surface area (Å²) in [6.45, 7) is 10.8. The summed E-state index contributed by atoms with van der Waals surface area (Å²) >= 11 is 0. The molecule has 1 aromatic rings. The highest BCUT2D eigenvalue weighted by Gasteiger charge is 2.00. The van der Waals surface area contributed by atoms with Crippen molar-refractivity contribution in [3.8, 4) is 0 Å². The minimum absolute atomic E-state index is 0. The largest absolute Gasteiger partial charge is 0.380 e. The van der Waals surface area contributed by atoms with E-state index in [1.807, 2.05) is 6.92 Å². The molecule has 0 fully saturated rings. The topological polar surface area (TPSA) is 54.9 Å². The second-order valence-corrected chi connectivity index (χ2v) is 6.10. The molecule has 0 atom stereocenters. The SMILES string of the molecule is CCOCc1ccc(CNC(=NC)NCCOCCC(C)C)cc1.I. The number of nitrogens with one attached hydrogen (secondary N) is 2. The highest BCUT2D eigenvalue weighted by molar-refractivity contribution is 14.0. The molecule has 0 amide bonds. The number of hydrogen-bond donors (Lipinski definition) is 2. The van der Waals surface area contributed by atoms with Gasteiger partial charge in [0, 0.05) is 33.4 Å². The molecule has 0 saturated heterocycles. The number of rotatable bonds is 11. The normalized spacial score (nSPS) is 11.3. The second kappa shape index (κ2) is 15.4. The van der Waals surface area contributed by atoms with Crippen molar-refractivity contribution < 1.29 is 9.47 Å². The van der Waals surface area contributed by atoms with Crippen molar-refractivity contribution in [2.75, 3.05) is 33.4 Å². The van der Waals surface area contributed by atoms with E-state index in [-0.39, 0.29) is 24.0 Å². The monoisotopic (exact) mass is 463 g/mol. The van der Waals surface area contributed by atoms with E-state index in [0.29, 0.717) is 19.1 Å². The molecule has 0 bridgehead atoms. The number of benzene rings is 1. The van der Waals surface area contributed by atoms with Crippen LogP contribution in [0.3, 0.4) is 0 Å². The van der Waals surface area contributed by atoms with Crippen LogP contribution in [0.2, 0.25) is 0 Å². The summed E-state index contributed by atoms with van der Waals surface area (Å²) in [5.74, 6) is 1.48. The van der Waals surface area contributed by atoms with Crippen molar-refractivity contribution in [3.05, 3.63) is 35.4 Å². The van der Waals surface area contributed by atoms with Crippen molar-refractivity contribution in [2.24, 2.45) is 10.9 Å². The van der Waals surface area contributed by atoms with Gasteiger partial charge in [-0.05, 0) is 30.4 Å². The molecule has 2 N–H and O–H groups in total. The zero-order valence-corrected chi connectivity index (χ0v) is 18.3. The Morgan fingerprint density at radius 3 is 2.32 bits per heavy atom. The zero-order chi connectivity index (χ0) is 17.6. The molecule has 5 nitrogen and oxygen atoms in total. The van der Waals surface area contributed by atoms with Gasteiger partial charge in [-0.3, -0.25) is 4.99 Å². The third-order valence-corrected chi connectivity index (χ3v) is 3.56. The average molecular weight is 463 g/mol. The third kappa shape index (κ3) is 12.2. The predicted molar refractivity (Wildman–Crippen MR) is 116 cm³/mol. The van der Waals surface area contributed by atoms with Crippen LogP contribution in [0, 0.1) is 5.92 Å². The molecule has 0 saturated carbocycles. The van der Waals surface area contributed by atoms with E-state index < -0.39 is 0 Å². The lowest BCUT2D eigenvalue weighted by atomic mass is 10.1. The molecule has 1 aromatic carbocycles. The zero-order valence-electron chi connectivity index (χ0n) is 16.0. The summed E-state index contributed by atoms with van der Waals surface area (Å²) in [5, 5.41) is 6.57. The lowest BCUT2D eigenvalue weighted by Crippen LogP contribution is -2.38. The molecule has 0 heterocycles. The minimum Gasteiger partial charge on any atom is -0.380 e. The summed E-state index contributed by atoms with van der Waals surface area (Å²) in [6.07, 6.45) is 1.10. The third-order valence-electron chi connectivity index (χ3n) is 3.56. The quantitative estimate of drug-likeness (QED) is 0.228. The number of nitrogens with zero attached hydrogens (tertiary/aromatic N) is 1. The number of halogens is 1. The van der Waals surface area contributed by atoms with Gasteiger partial charge in [0.1, 0.15) is 0 Å². The lowest BCUT2D eigenvalue weighted by Gasteiger charge is -2.13. The number of guanidine groups is 1. The highest BCUT2D eigenvalue weighted by Crippen LogP contribution is 2.05. The van der Waals surface area contributed by atoms with Gasteiger partial charge in [0.05, 0.1) is 13.2 Å². The van der Waals surface area contributed by atoms with Crippen molar-refractivity contribution in [1.82, 2.24) is 10.6 Å². The van der Waals surface area contributed by atoms with Crippen molar-refractivity contribution in [1.29, 1.82) is 0 Å². The van der Waals surface area contributed by atoms with Crippen LogP contribution < -0.4 is 10.6 Å². The number of hydrogen-bond acceptors (Lipinski definition) is 3. The molecule has 1 rings (SSSR count). The molecule has 144 valence electrons. The maximum absolute atomic E-state index is 5.59. The van der Waals surface area contributed by atoms with Gasteiger partial charge >= 0.3 is 0 Å². The molecular weight excluding hydrogens is 429 g/mol. The Morgan fingerprint density at radius 2 is 1.72 bits per heavy atom. The van der Waals surface area contributed by atoms with Crippen molar-refractivity contribution in [3.63, 3.8) is 0 Å². The predicted octanol–water partition coefficient (Wildman–Crippen LogP) is 3.57. The molecule has 0 aliphatic rings. The van der Waals surface area contributed by atoms with Gasteiger partial charge in [-0.15, -0.1) is 24.0 Å². The Morgan fingerprint density at radius 1 is 1.04 bits per heavy atom. The van der Waals surface area contributed by atoms with E-state index in [9.17, 15) is 0 Å². The smallest absolute Gasteiger partial charge is 0.191 e. The number of ether oxygens (including phenoxy) is 2. The molecule has 0 spiro atoms. The molecule has 0 radical (unpaired) electrons. The first kappa shape index (κ1) is 24.1. The second-order valence-electron chi connectivity index (χ2n) is 6.10. The van der Waals surface area contributed by atoms with Crippen LogP contribution in [0.15, 0.2) is 29.3 Å². The van der Waals surface area contributed by atoms with Crippen LogP contribution in [0.5, 0.6) is 0 Å². The van der Waals surface area contributed by atoms with E-state index in [2.05, 4.69) is 53.7 Å². The fourth-order valence-electron chi connectivity index (χ4n) is 2.04. The van der Waals surface area contributed by atoms with Gasteiger partial charge in [-0.1, -0.05) is 38.1 Å². The Bertz CT molecular complexity index is 464. The molecule has 0 aliphatic heterocycles. The van der Waals surface area contributed by atoms with Crippen LogP contribution in [0.4, 0.5) is 0 Å². The standard InChI is InChI=1S/C19H33N3O2.HI/c1-5-23-15-18-8-6-17(7-9-18)14-22-19(20-4)21-11-13-24-12-10-16(2)3;/h6-9,16H,5,10-15H2,1-4H3,(H2,20,21,22);1H. The molecule has 25 heavy (non-hydrogen) atoms. The summed E-state index contributed by atoms with van der Waals surface area (Å²) < 4.78 is 11.0. The Balaban J connectivity index is 0.00000576. The molecule has 0 unspecified atom stereocenters. The van der Waals surface area contributed by atoms with Crippen LogP contribution in [-0.4, -0.2) is 39.4 Å². The van der Waals surface area contributed by atoms with Crippen molar-refractivity contribution >= 4 is 29.9 Å². The van der Waals surface area contributed by atoms with E-state index in [1.165, 1.54) is 11.1 Å². The van der Waals surface area contributed by atoms with Gasteiger partial charge < -0.3 is 20.1 Å². The lowest BCUT2D eigenvalue weighted by molar-refractivity contribution is 0.128. The van der Waals surface area contributed by atoms with Crippen LogP contribution >= 0.6 is 24.0 Å². The summed E-state index contributed by atoms with van der Waals surface area (Å²) in [4.78, 5) is 4.23. The maximum Gasteiger partial charge on any atom is 0.191 e. The summed E-state index contributed by atoms with van der Waals surface area (Å²) in [5.41, 5.74) is 2.41. The van der Waals surface area contributed by atoms with Gasteiger partial charge in [0.25, 0.3) is 0 Å². The van der Waals surface area contributed by atoms with Gasteiger partial charge in [0.15, 0.2) is 5.96 Å².